The van der Waals surface area contributed by atoms with Crippen molar-refractivity contribution in [3.8, 4) is 0 Å². The van der Waals surface area contributed by atoms with E-state index in [1.165, 1.54) is 36.5 Å². The smallest absolute Gasteiger partial charge is 0.210 e. The third-order valence-corrected chi connectivity index (χ3v) is 7.48. The van der Waals surface area contributed by atoms with E-state index in [1.54, 1.807) is 6.07 Å². The minimum atomic E-state index is -3.95. The number of hydrogen-bond donors (Lipinski definition) is 0. The molecule has 2 aromatic carbocycles. The van der Waals surface area contributed by atoms with Crippen molar-refractivity contribution in [2.45, 2.75) is 29.6 Å². The van der Waals surface area contributed by atoms with Gasteiger partial charge in [0.1, 0.15) is 10.7 Å². The number of rotatable bonds is 3. The van der Waals surface area contributed by atoms with Gasteiger partial charge in [-0.1, -0.05) is 30.1 Å². The van der Waals surface area contributed by atoms with Crippen LogP contribution >= 0.6 is 23.2 Å². The molecule has 0 bridgehead atoms. The summed E-state index contributed by atoms with van der Waals surface area (Å²) in [5.74, 6) is 0.157. The first-order chi connectivity index (χ1) is 13.8. The van der Waals surface area contributed by atoms with Crippen LogP contribution in [0.2, 0.25) is 10.0 Å². The van der Waals surface area contributed by atoms with Gasteiger partial charge < -0.3 is 4.90 Å². The topological polar surface area (TPSA) is 50.3 Å². The number of aromatic nitrogens is 1. The molecule has 1 aliphatic rings. The number of halogens is 3. The average Bonchev–Trinajstić information content (AvgIpc) is 2.67. The van der Waals surface area contributed by atoms with Crippen LogP contribution in [0.5, 0.6) is 0 Å². The molecule has 1 aliphatic heterocycles. The van der Waals surface area contributed by atoms with Gasteiger partial charge in [0.15, 0.2) is 0 Å². The number of benzene rings is 2. The average molecular weight is 453 g/mol. The largest absolute Gasteiger partial charge is 0.370 e. The molecule has 1 fully saturated rings. The first kappa shape index (κ1) is 20.4. The number of piperidine rings is 1. The first-order valence-corrected chi connectivity index (χ1v) is 11.5. The summed E-state index contributed by atoms with van der Waals surface area (Å²) in [4.78, 5) is 6.37. The number of anilines is 1. The molecule has 152 valence electrons. The highest BCUT2D eigenvalue weighted by Crippen LogP contribution is 2.38. The molecule has 29 heavy (non-hydrogen) atoms. The van der Waals surface area contributed by atoms with Gasteiger partial charge in [0, 0.05) is 40.8 Å². The zero-order chi connectivity index (χ0) is 20.8. The van der Waals surface area contributed by atoms with E-state index in [1.807, 2.05) is 0 Å². The van der Waals surface area contributed by atoms with Crippen LogP contribution in [0.25, 0.3) is 10.9 Å². The van der Waals surface area contributed by atoms with Gasteiger partial charge in [-0.3, -0.25) is 4.98 Å². The Bertz CT molecular complexity index is 1170. The van der Waals surface area contributed by atoms with Crippen molar-refractivity contribution in [3.05, 3.63) is 58.5 Å². The summed E-state index contributed by atoms with van der Waals surface area (Å²) in [5, 5.41) is 1.08. The van der Waals surface area contributed by atoms with Crippen LogP contribution < -0.4 is 4.90 Å². The summed E-state index contributed by atoms with van der Waals surface area (Å²) in [6, 6.07) is 8.47. The third-order valence-electron chi connectivity index (χ3n) is 5.30. The summed E-state index contributed by atoms with van der Waals surface area (Å²) < 4.78 is 40.8. The Balaban J connectivity index is 1.96. The van der Waals surface area contributed by atoms with Crippen molar-refractivity contribution < 1.29 is 12.8 Å². The standard InChI is InChI=1S/C21H19Cl2FN2O2S/c1-13-4-6-26(7-5-13)21-18-3-2-16(24)11-19(18)25-12-20(21)29(27,28)17-9-14(22)8-15(23)10-17/h2-3,8-13H,4-7H2,1H3. The van der Waals surface area contributed by atoms with E-state index >= 15 is 0 Å². The summed E-state index contributed by atoms with van der Waals surface area (Å²) in [6.45, 7) is 3.62. The van der Waals surface area contributed by atoms with Gasteiger partial charge in [0.25, 0.3) is 0 Å². The second-order valence-electron chi connectivity index (χ2n) is 7.41. The van der Waals surface area contributed by atoms with E-state index in [4.69, 9.17) is 23.2 Å². The maximum atomic E-state index is 13.7. The molecule has 0 aliphatic carbocycles. The number of nitrogens with zero attached hydrogens (tertiary/aromatic N) is 2. The van der Waals surface area contributed by atoms with Gasteiger partial charge in [-0.15, -0.1) is 0 Å². The molecule has 3 aromatic rings. The van der Waals surface area contributed by atoms with E-state index < -0.39 is 15.7 Å². The van der Waals surface area contributed by atoms with E-state index in [0.29, 0.717) is 22.5 Å². The fourth-order valence-electron chi connectivity index (χ4n) is 3.70. The molecule has 4 rings (SSSR count). The van der Waals surface area contributed by atoms with E-state index in [2.05, 4.69) is 16.8 Å². The van der Waals surface area contributed by atoms with Crippen molar-refractivity contribution in [2.24, 2.45) is 5.92 Å². The Morgan fingerprint density at radius 3 is 2.38 bits per heavy atom. The summed E-state index contributed by atoms with van der Waals surface area (Å²) >= 11 is 12.1. The molecular formula is C21H19Cl2FN2O2S. The van der Waals surface area contributed by atoms with Gasteiger partial charge in [-0.25, -0.2) is 12.8 Å². The lowest BCUT2D eigenvalue weighted by atomic mass is 9.98. The van der Waals surface area contributed by atoms with Crippen LogP contribution in [0, 0.1) is 11.7 Å². The monoisotopic (exact) mass is 452 g/mol. The highest BCUT2D eigenvalue weighted by Gasteiger charge is 2.29. The van der Waals surface area contributed by atoms with Crippen molar-refractivity contribution >= 4 is 49.6 Å². The van der Waals surface area contributed by atoms with Crippen LogP contribution in [-0.4, -0.2) is 26.5 Å². The molecule has 8 heteroatoms. The zero-order valence-corrected chi connectivity index (χ0v) is 18.0. The lowest BCUT2D eigenvalue weighted by Gasteiger charge is -2.34. The number of hydrogen-bond acceptors (Lipinski definition) is 4. The van der Waals surface area contributed by atoms with Crippen LogP contribution in [0.3, 0.4) is 0 Å². The molecule has 1 saturated heterocycles. The van der Waals surface area contributed by atoms with Crippen molar-refractivity contribution in [1.82, 2.24) is 4.98 Å². The first-order valence-electron chi connectivity index (χ1n) is 9.30. The summed E-state index contributed by atoms with van der Waals surface area (Å²) in [7, 11) is -3.95. The van der Waals surface area contributed by atoms with E-state index in [0.717, 1.165) is 25.9 Å². The van der Waals surface area contributed by atoms with E-state index in [9.17, 15) is 12.8 Å². The van der Waals surface area contributed by atoms with Crippen molar-refractivity contribution in [2.75, 3.05) is 18.0 Å². The molecule has 2 heterocycles. The van der Waals surface area contributed by atoms with Gasteiger partial charge in [-0.2, -0.15) is 0 Å². The molecule has 0 amide bonds. The molecule has 0 N–H and O–H groups in total. The van der Waals surface area contributed by atoms with Gasteiger partial charge in [0.05, 0.1) is 16.1 Å². The van der Waals surface area contributed by atoms with Crippen LogP contribution in [0.4, 0.5) is 10.1 Å². The third kappa shape index (κ3) is 3.93. The normalized spacial score (nSPS) is 15.8. The fourth-order valence-corrected chi connectivity index (χ4v) is 5.86. The second kappa shape index (κ2) is 7.74. The molecule has 0 spiro atoms. The molecule has 0 atom stereocenters. The molecule has 0 unspecified atom stereocenters. The number of fused-ring (bicyclic) bond motifs is 1. The summed E-state index contributed by atoms with van der Waals surface area (Å²) in [5.41, 5.74) is 0.972. The Hall–Kier alpha value is -1.89. The maximum absolute atomic E-state index is 13.7. The van der Waals surface area contributed by atoms with Crippen LogP contribution in [0.1, 0.15) is 19.8 Å². The predicted octanol–water partition coefficient (Wildman–Crippen LogP) is 5.75. The van der Waals surface area contributed by atoms with E-state index in [-0.39, 0.29) is 19.8 Å². The fraction of sp³-hybridized carbons (Fsp3) is 0.286. The Morgan fingerprint density at radius 1 is 1.07 bits per heavy atom. The second-order valence-corrected chi connectivity index (χ2v) is 10.2. The van der Waals surface area contributed by atoms with Crippen molar-refractivity contribution in [1.29, 1.82) is 0 Å². The Kier molecular flexibility index (Phi) is 5.44. The minimum absolute atomic E-state index is 0.00453. The van der Waals surface area contributed by atoms with Gasteiger partial charge in [-0.05, 0) is 49.1 Å². The molecule has 4 nitrogen and oxygen atoms in total. The molecule has 0 radical (unpaired) electrons. The van der Waals surface area contributed by atoms with Crippen molar-refractivity contribution in [3.63, 3.8) is 0 Å². The summed E-state index contributed by atoms with van der Waals surface area (Å²) in [6.07, 6.45) is 3.21. The molecular weight excluding hydrogens is 434 g/mol. The van der Waals surface area contributed by atoms with Crippen LogP contribution in [-0.2, 0) is 9.84 Å². The highest BCUT2D eigenvalue weighted by atomic mass is 35.5. The van der Waals surface area contributed by atoms with Gasteiger partial charge in [0.2, 0.25) is 9.84 Å². The zero-order valence-electron chi connectivity index (χ0n) is 15.7. The quantitative estimate of drug-likeness (QED) is 0.507. The lowest BCUT2D eigenvalue weighted by Crippen LogP contribution is -2.34. The van der Waals surface area contributed by atoms with Gasteiger partial charge >= 0.3 is 0 Å². The SMILES string of the molecule is CC1CCN(c2c(S(=O)(=O)c3cc(Cl)cc(Cl)c3)cnc3cc(F)ccc23)CC1. The number of sulfone groups is 1. The highest BCUT2D eigenvalue weighted by molar-refractivity contribution is 7.91. The number of pyridine rings is 1. The lowest BCUT2D eigenvalue weighted by molar-refractivity contribution is 0.437. The molecule has 1 aromatic heterocycles. The predicted molar refractivity (Wildman–Crippen MR) is 114 cm³/mol. The Labute approximate surface area is 179 Å². The van der Waals surface area contributed by atoms with Crippen LogP contribution in [0.15, 0.2) is 52.4 Å². The minimum Gasteiger partial charge on any atom is -0.370 e. The maximum Gasteiger partial charge on any atom is 0.210 e. The Morgan fingerprint density at radius 2 is 1.72 bits per heavy atom. The molecule has 0 saturated carbocycles.